The van der Waals surface area contributed by atoms with Gasteiger partial charge < -0.3 is 15.5 Å². The van der Waals surface area contributed by atoms with Gasteiger partial charge in [-0.3, -0.25) is 0 Å². The van der Waals surface area contributed by atoms with Crippen LogP contribution in [0.15, 0.2) is 35.6 Å². The van der Waals surface area contributed by atoms with Crippen molar-refractivity contribution in [2.45, 2.75) is 0 Å². The second-order valence-corrected chi connectivity index (χ2v) is 2.65. The molecule has 0 unspecified atom stereocenters. The lowest BCUT2D eigenvalue weighted by Gasteiger charge is -2.08. The molecule has 0 aromatic carbocycles. The molecule has 1 rings (SSSR count). The second kappa shape index (κ2) is 4.00. The first kappa shape index (κ1) is 9.67. The number of allylic oxidation sites excluding steroid dienone is 6. The number of nitrogens with zero attached hydrogens (tertiary/aromatic N) is 1. The van der Waals surface area contributed by atoms with Crippen LogP contribution in [-0.4, -0.2) is 21.6 Å². The molecule has 4 nitrogen and oxygen atoms in total. The molecule has 0 aromatic rings. The first-order chi connectivity index (χ1) is 6.15. The maximum atomic E-state index is 10.3. The summed E-state index contributed by atoms with van der Waals surface area (Å²) in [6, 6.07) is 0. The summed E-state index contributed by atoms with van der Waals surface area (Å²) in [5.74, 6) is 0.00854. The van der Waals surface area contributed by atoms with E-state index in [0.29, 0.717) is 5.57 Å². The molecular weight excluding hydrogens is 194 g/mol. The van der Waals surface area contributed by atoms with Crippen molar-refractivity contribution in [3.05, 3.63) is 46.1 Å². The number of alkyl halides is 1. The Labute approximate surface area is 79.9 Å². The highest BCUT2D eigenvalue weighted by Crippen LogP contribution is 2.11. The highest BCUT2D eigenvalue weighted by Gasteiger charge is 2.05. The Morgan fingerprint density at radius 2 is 1.85 bits per heavy atom. The maximum absolute atomic E-state index is 10.3. The van der Waals surface area contributed by atoms with Crippen molar-refractivity contribution in [2.24, 2.45) is 0 Å². The van der Waals surface area contributed by atoms with E-state index in [1.165, 1.54) is 24.3 Å². The lowest BCUT2D eigenvalue weighted by Crippen LogP contribution is -2.07. The lowest BCUT2D eigenvalue weighted by atomic mass is 10.1. The predicted molar refractivity (Wildman–Crippen MR) is 50.7 cm³/mol. The van der Waals surface area contributed by atoms with Gasteiger partial charge in [-0.2, -0.15) is 4.90 Å². The van der Waals surface area contributed by atoms with Crippen LogP contribution in [-0.2, 0) is 0 Å². The zero-order chi connectivity index (χ0) is 9.84. The zero-order valence-corrected chi connectivity index (χ0v) is 7.36. The van der Waals surface area contributed by atoms with E-state index in [1.54, 1.807) is 0 Å². The molecule has 1 N–H and O–H groups in total. The van der Waals surface area contributed by atoms with E-state index in [9.17, 15) is 15.5 Å². The molecule has 0 bridgehead atoms. The molecule has 0 aromatic heterocycles. The third-order valence-corrected chi connectivity index (χ3v) is 1.79. The van der Waals surface area contributed by atoms with Crippen LogP contribution in [0.5, 0.6) is 0 Å². The second-order valence-electron chi connectivity index (χ2n) is 2.38. The number of hydrogen-bond donors (Lipinski definition) is 1. The molecule has 13 heavy (non-hydrogen) atoms. The number of halogens is 1. The molecule has 0 amide bonds. The van der Waals surface area contributed by atoms with Gasteiger partial charge in [-0.1, -0.05) is 0 Å². The Morgan fingerprint density at radius 3 is 2.23 bits per heavy atom. The van der Waals surface area contributed by atoms with Gasteiger partial charge in [-0.05, 0) is 12.2 Å². The predicted octanol–water partition coefficient (Wildman–Crippen LogP) is 1.61. The molecule has 0 saturated carbocycles. The van der Waals surface area contributed by atoms with E-state index >= 15 is 0 Å². The molecule has 1 aliphatic rings. The Hall–Kier alpha value is -1.42. The summed E-state index contributed by atoms with van der Waals surface area (Å²) >= 11 is 5.37. The minimum Gasteiger partial charge on any atom is -0.612 e. The highest BCUT2D eigenvalue weighted by molar-refractivity contribution is 6.19. The van der Waals surface area contributed by atoms with Crippen molar-refractivity contribution < 1.29 is 10.0 Å². The molecule has 1 aliphatic carbocycles. The Balaban J connectivity index is 2.93. The average Bonchev–Trinajstić information content (AvgIpc) is 2.17. The highest BCUT2D eigenvalue weighted by atomic mass is 35.5. The molecule has 0 fully saturated rings. The third-order valence-electron chi connectivity index (χ3n) is 1.54. The Kier molecular flexibility index (Phi) is 2.97. The van der Waals surface area contributed by atoms with Gasteiger partial charge in [0, 0.05) is 17.7 Å². The summed E-state index contributed by atoms with van der Waals surface area (Å²) in [5.41, 5.74) is 0.492. The normalized spacial score (nSPS) is 14.8. The smallest absolute Gasteiger partial charge is 0.222 e. The van der Waals surface area contributed by atoms with Crippen LogP contribution in [0, 0.1) is 10.4 Å². The van der Waals surface area contributed by atoms with E-state index in [0.717, 1.165) is 0 Å². The summed E-state index contributed by atoms with van der Waals surface area (Å²) in [6.45, 7) is 0. The van der Waals surface area contributed by atoms with Crippen molar-refractivity contribution in [2.75, 3.05) is 5.88 Å². The molecule has 0 heterocycles. The summed E-state index contributed by atoms with van der Waals surface area (Å²) in [6.07, 6.45) is 5.54. The first-order valence-corrected chi connectivity index (χ1v) is 4.04. The quantitative estimate of drug-likeness (QED) is 0.303. The van der Waals surface area contributed by atoms with Crippen molar-refractivity contribution >= 4 is 17.3 Å². The summed E-state index contributed by atoms with van der Waals surface area (Å²) in [7, 11) is 0. The van der Waals surface area contributed by atoms with E-state index < -0.39 is 4.90 Å². The van der Waals surface area contributed by atoms with E-state index in [4.69, 9.17) is 11.6 Å². The van der Waals surface area contributed by atoms with Crippen molar-refractivity contribution in [1.82, 2.24) is 0 Å². The summed E-state index contributed by atoms with van der Waals surface area (Å²) in [5, 5.41) is 29.7. The van der Waals surface area contributed by atoms with Crippen molar-refractivity contribution in [1.29, 1.82) is 0 Å². The molecule has 5 heteroatoms. The van der Waals surface area contributed by atoms with Gasteiger partial charge in [0.1, 0.15) is 5.76 Å². The van der Waals surface area contributed by atoms with Gasteiger partial charge >= 0.3 is 0 Å². The van der Waals surface area contributed by atoms with Gasteiger partial charge in [0.25, 0.3) is 0 Å². The van der Waals surface area contributed by atoms with Crippen LogP contribution >= 0.6 is 11.6 Å². The fraction of sp³-hybridized carbons (Fsp3) is 0.125. The van der Waals surface area contributed by atoms with Crippen LogP contribution in [0.3, 0.4) is 0 Å². The van der Waals surface area contributed by atoms with Crippen molar-refractivity contribution in [3.63, 3.8) is 0 Å². The topological polar surface area (TPSA) is 69.4 Å². The van der Waals surface area contributed by atoms with Gasteiger partial charge in [-0.15, -0.1) is 11.6 Å². The standard InChI is InChI=1S/C8H7ClNO3/c9-5-8(11)6-1-3-7(4-2-6)10(12)13/h1-4H,5H2,(H-,11,12,13)/q-1. The first-order valence-electron chi connectivity index (χ1n) is 3.50. The van der Waals surface area contributed by atoms with Crippen LogP contribution in [0.25, 0.3) is 0 Å². The van der Waals surface area contributed by atoms with Gasteiger partial charge in [-0.25, -0.2) is 0 Å². The molecule has 0 aliphatic heterocycles. The monoisotopic (exact) mass is 200 g/mol. The van der Waals surface area contributed by atoms with Gasteiger partial charge in [0.15, 0.2) is 0 Å². The fourth-order valence-corrected chi connectivity index (χ4v) is 1.01. The van der Waals surface area contributed by atoms with Crippen LogP contribution < -0.4 is 0 Å². The summed E-state index contributed by atoms with van der Waals surface area (Å²) in [4.78, 5) is -0.498. The third kappa shape index (κ3) is 2.26. The van der Waals surface area contributed by atoms with Crippen LogP contribution in [0.2, 0.25) is 0 Å². The lowest BCUT2D eigenvalue weighted by molar-refractivity contribution is -0.377. The van der Waals surface area contributed by atoms with E-state index in [-0.39, 0.29) is 17.4 Å². The average molecular weight is 201 g/mol. The molecule has 0 spiro atoms. The summed E-state index contributed by atoms with van der Waals surface area (Å²) < 4.78 is 0. The zero-order valence-electron chi connectivity index (χ0n) is 6.61. The SMILES string of the molecule is [O-][N+]([O-])=C1C=CC(=C(O)CCl)C=C1. The minimum absolute atomic E-state index is 0.00217. The molecular formula is C8H7ClNO3-. The molecule has 0 saturated heterocycles. The Morgan fingerprint density at radius 1 is 1.31 bits per heavy atom. The number of hydrogen-bond acceptors (Lipinski definition) is 3. The van der Waals surface area contributed by atoms with Crippen LogP contribution in [0.4, 0.5) is 0 Å². The van der Waals surface area contributed by atoms with Gasteiger partial charge in [0.2, 0.25) is 5.71 Å². The van der Waals surface area contributed by atoms with E-state index in [1.807, 2.05) is 0 Å². The molecule has 70 valence electrons. The fourth-order valence-electron chi connectivity index (χ4n) is 0.853. The molecule has 0 radical (unpaired) electrons. The number of rotatable bonds is 1. The number of aliphatic hydroxyl groups excluding tert-OH is 1. The largest absolute Gasteiger partial charge is 0.612 e. The van der Waals surface area contributed by atoms with Crippen molar-refractivity contribution in [3.8, 4) is 0 Å². The number of aliphatic hydroxyl groups is 1. The minimum atomic E-state index is -0.498. The van der Waals surface area contributed by atoms with Gasteiger partial charge in [0.05, 0.1) is 5.88 Å². The molecule has 0 atom stereocenters. The maximum Gasteiger partial charge on any atom is 0.222 e. The Bertz CT molecular complexity index is 306. The van der Waals surface area contributed by atoms with E-state index in [2.05, 4.69) is 0 Å². The van der Waals surface area contributed by atoms with Crippen LogP contribution in [0.1, 0.15) is 0 Å².